The van der Waals surface area contributed by atoms with Crippen molar-refractivity contribution in [2.24, 2.45) is 0 Å². The topological polar surface area (TPSA) is 72.7 Å². The number of nitrogens with one attached hydrogen (secondary N) is 1. The molecule has 31 heavy (non-hydrogen) atoms. The summed E-state index contributed by atoms with van der Waals surface area (Å²) in [5.41, 5.74) is 6.40. The van der Waals surface area contributed by atoms with Gasteiger partial charge in [0, 0.05) is 28.5 Å². The molecule has 0 bridgehead atoms. The average Bonchev–Trinajstić information content (AvgIpc) is 3.33. The van der Waals surface area contributed by atoms with Crippen LogP contribution in [-0.4, -0.2) is 27.9 Å². The predicted octanol–water partition coefficient (Wildman–Crippen LogP) is 5.04. The highest BCUT2D eigenvalue weighted by atomic mass is 32.1. The molecule has 4 rings (SSSR count). The molecule has 4 aromatic rings. The van der Waals surface area contributed by atoms with E-state index in [0.717, 1.165) is 21.9 Å². The van der Waals surface area contributed by atoms with E-state index < -0.39 is 0 Å². The molecular formula is C24H23N3O3S. The SMILES string of the molecule is CCOC(=O)c1ccc(NC(=O)Cc2csc3nc(-c4ccc(C)c(C)c4)cn23)cc1. The van der Waals surface area contributed by atoms with E-state index in [0.29, 0.717) is 17.9 Å². The number of ether oxygens (including phenoxy) is 1. The van der Waals surface area contributed by atoms with Crippen molar-refractivity contribution < 1.29 is 14.3 Å². The molecule has 2 heterocycles. The third-order valence-electron chi connectivity index (χ3n) is 5.11. The molecule has 7 heteroatoms. The van der Waals surface area contributed by atoms with E-state index in [-0.39, 0.29) is 18.3 Å². The van der Waals surface area contributed by atoms with E-state index in [4.69, 9.17) is 9.72 Å². The van der Waals surface area contributed by atoms with E-state index in [1.165, 1.54) is 22.5 Å². The number of carbonyl (C=O) groups excluding carboxylic acids is 2. The van der Waals surface area contributed by atoms with E-state index >= 15 is 0 Å². The van der Waals surface area contributed by atoms with Crippen molar-refractivity contribution in [2.75, 3.05) is 11.9 Å². The number of benzene rings is 2. The van der Waals surface area contributed by atoms with Crippen LogP contribution in [0.4, 0.5) is 5.69 Å². The van der Waals surface area contributed by atoms with Crippen LogP contribution in [-0.2, 0) is 16.0 Å². The minimum Gasteiger partial charge on any atom is -0.462 e. The van der Waals surface area contributed by atoms with Gasteiger partial charge in [0.2, 0.25) is 5.91 Å². The maximum Gasteiger partial charge on any atom is 0.338 e. The van der Waals surface area contributed by atoms with Gasteiger partial charge in [0.25, 0.3) is 0 Å². The number of anilines is 1. The number of fused-ring (bicyclic) bond motifs is 1. The Balaban J connectivity index is 1.47. The Morgan fingerprint density at radius 1 is 1.10 bits per heavy atom. The lowest BCUT2D eigenvalue weighted by Crippen LogP contribution is -2.15. The van der Waals surface area contributed by atoms with Gasteiger partial charge in [0.15, 0.2) is 4.96 Å². The van der Waals surface area contributed by atoms with E-state index in [1.807, 2.05) is 16.0 Å². The third-order valence-corrected chi connectivity index (χ3v) is 6.00. The van der Waals surface area contributed by atoms with Gasteiger partial charge in [-0.1, -0.05) is 12.1 Å². The fourth-order valence-electron chi connectivity index (χ4n) is 3.27. The van der Waals surface area contributed by atoms with Gasteiger partial charge in [-0.2, -0.15) is 0 Å². The molecule has 0 aliphatic rings. The summed E-state index contributed by atoms with van der Waals surface area (Å²) in [6.45, 7) is 6.27. The Labute approximate surface area is 184 Å². The number of carbonyl (C=O) groups is 2. The van der Waals surface area contributed by atoms with Gasteiger partial charge in [0.1, 0.15) is 0 Å². The number of imidazole rings is 1. The molecule has 0 aliphatic heterocycles. The van der Waals surface area contributed by atoms with Crippen molar-refractivity contribution >= 4 is 33.9 Å². The quantitative estimate of drug-likeness (QED) is 0.433. The van der Waals surface area contributed by atoms with Gasteiger partial charge >= 0.3 is 5.97 Å². The molecule has 6 nitrogen and oxygen atoms in total. The first-order valence-corrected chi connectivity index (χ1v) is 10.9. The van der Waals surface area contributed by atoms with Crippen LogP contribution in [0.25, 0.3) is 16.2 Å². The Hall–Kier alpha value is -3.45. The maximum atomic E-state index is 12.6. The molecule has 0 saturated carbocycles. The molecule has 0 unspecified atom stereocenters. The smallest absolute Gasteiger partial charge is 0.338 e. The second-order valence-electron chi connectivity index (χ2n) is 7.33. The van der Waals surface area contributed by atoms with E-state index in [2.05, 4.69) is 37.4 Å². The number of hydrogen-bond donors (Lipinski definition) is 1. The lowest BCUT2D eigenvalue weighted by molar-refractivity contribution is -0.115. The van der Waals surface area contributed by atoms with Crippen molar-refractivity contribution in [3.63, 3.8) is 0 Å². The summed E-state index contributed by atoms with van der Waals surface area (Å²) in [7, 11) is 0. The van der Waals surface area contributed by atoms with Gasteiger partial charge in [-0.3, -0.25) is 9.20 Å². The molecule has 2 aromatic carbocycles. The van der Waals surface area contributed by atoms with Crippen LogP contribution in [0.1, 0.15) is 34.1 Å². The number of aryl methyl sites for hydroxylation is 2. The first-order chi connectivity index (χ1) is 14.9. The van der Waals surface area contributed by atoms with Crippen LogP contribution in [0.3, 0.4) is 0 Å². The second kappa shape index (κ2) is 8.73. The lowest BCUT2D eigenvalue weighted by atomic mass is 10.0. The summed E-state index contributed by atoms with van der Waals surface area (Å²) in [6.07, 6.45) is 2.20. The summed E-state index contributed by atoms with van der Waals surface area (Å²) < 4.78 is 6.94. The van der Waals surface area contributed by atoms with Gasteiger partial charge in [0.05, 0.1) is 24.3 Å². The van der Waals surface area contributed by atoms with Crippen LogP contribution >= 0.6 is 11.3 Å². The highest BCUT2D eigenvalue weighted by Crippen LogP contribution is 2.25. The molecule has 1 N–H and O–H groups in total. The fraction of sp³-hybridized carbons (Fsp3) is 0.208. The van der Waals surface area contributed by atoms with Crippen molar-refractivity contribution in [3.8, 4) is 11.3 Å². The molecule has 0 aliphatic carbocycles. The normalized spacial score (nSPS) is 10.9. The van der Waals surface area contributed by atoms with Crippen molar-refractivity contribution in [3.05, 3.63) is 76.4 Å². The number of esters is 1. The van der Waals surface area contributed by atoms with Crippen molar-refractivity contribution in [2.45, 2.75) is 27.2 Å². The number of thiazole rings is 1. The summed E-state index contributed by atoms with van der Waals surface area (Å²) >= 11 is 1.52. The Kier molecular flexibility index (Phi) is 5.86. The average molecular weight is 434 g/mol. The third kappa shape index (κ3) is 4.51. The van der Waals surface area contributed by atoms with E-state index in [9.17, 15) is 9.59 Å². The summed E-state index contributed by atoms with van der Waals surface area (Å²) in [5.74, 6) is -0.509. The first kappa shape index (κ1) is 20.8. The molecule has 158 valence electrons. The molecule has 0 fully saturated rings. The number of hydrogen-bond acceptors (Lipinski definition) is 5. The maximum absolute atomic E-state index is 12.6. The van der Waals surface area contributed by atoms with Gasteiger partial charge in [-0.15, -0.1) is 11.3 Å². The standard InChI is InChI=1S/C24H23N3O3S/c1-4-30-23(29)17-7-9-19(10-8-17)25-22(28)12-20-14-31-24-26-21(13-27(20)24)18-6-5-15(2)16(3)11-18/h5-11,13-14H,4,12H2,1-3H3,(H,25,28). The molecule has 0 atom stereocenters. The summed E-state index contributed by atoms with van der Waals surface area (Å²) in [6, 6.07) is 13.0. The van der Waals surface area contributed by atoms with Crippen molar-refractivity contribution in [1.82, 2.24) is 9.38 Å². The lowest BCUT2D eigenvalue weighted by Gasteiger charge is -2.06. The minimum atomic E-state index is -0.374. The van der Waals surface area contributed by atoms with Crippen LogP contribution in [0.2, 0.25) is 0 Å². The molecule has 0 saturated heterocycles. The summed E-state index contributed by atoms with van der Waals surface area (Å²) in [5, 5.41) is 4.83. The molecule has 0 radical (unpaired) electrons. The highest BCUT2D eigenvalue weighted by molar-refractivity contribution is 7.15. The number of aromatic nitrogens is 2. The van der Waals surface area contributed by atoms with Gasteiger partial charge in [-0.25, -0.2) is 9.78 Å². The number of amides is 1. The van der Waals surface area contributed by atoms with Crippen LogP contribution < -0.4 is 5.32 Å². The molecule has 1 amide bonds. The zero-order valence-electron chi connectivity index (χ0n) is 17.6. The fourth-order valence-corrected chi connectivity index (χ4v) is 4.14. The minimum absolute atomic E-state index is 0.134. The zero-order chi connectivity index (χ0) is 22.0. The Morgan fingerprint density at radius 2 is 1.87 bits per heavy atom. The van der Waals surface area contributed by atoms with Crippen LogP contribution in [0, 0.1) is 13.8 Å². The van der Waals surface area contributed by atoms with Gasteiger partial charge in [-0.05, 0) is 62.2 Å². The monoisotopic (exact) mass is 433 g/mol. The Morgan fingerprint density at radius 3 is 2.58 bits per heavy atom. The first-order valence-electron chi connectivity index (χ1n) is 10.0. The number of nitrogens with zero attached hydrogens (tertiary/aromatic N) is 2. The van der Waals surface area contributed by atoms with Crippen molar-refractivity contribution in [1.29, 1.82) is 0 Å². The molecular weight excluding hydrogens is 410 g/mol. The largest absolute Gasteiger partial charge is 0.462 e. The second-order valence-corrected chi connectivity index (χ2v) is 8.16. The summed E-state index contributed by atoms with van der Waals surface area (Å²) in [4.78, 5) is 29.9. The molecule has 2 aromatic heterocycles. The molecule has 0 spiro atoms. The Bertz CT molecular complexity index is 1260. The van der Waals surface area contributed by atoms with Crippen LogP contribution in [0.5, 0.6) is 0 Å². The number of rotatable bonds is 6. The van der Waals surface area contributed by atoms with Crippen LogP contribution in [0.15, 0.2) is 54.0 Å². The van der Waals surface area contributed by atoms with Gasteiger partial charge < -0.3 is 10.1 Å². The zero-order valence-corrected chi connectivity index (χ0v) is 18.5. The predicted molar refractivity (Wildman–Crippen MR) is 123 cm³/mol. The van der Waals surface area contributed by atoms with E-state index in [1.54, 1.807) is 31.2 Å². The highest BCUT2D eigenvalue weighted by Gasteiger charge is 2.14.